The summed E-state index contributed by atoms with van der Waals surface area (Å²) in [6.07, 6.45) is 8.64. The van der Waals surface area contributed by atoms with Gasteiger partial charge in [-0.15, -0.1) is 0 Å². The maximum Gasteiger partial charge on any atom is 0.281 e. The first-order valence-corrected chi connectivity index (χ1v) is 7.99. The van der Waals surface area contributed by atoms with E-state index in [1.54, 1.807) is 6.07 Å². The van der Waals surface area contributed by atoms with Crippen molar-refractivity contribution in [2.24, 2.45) is 4.99 Å². The standard InChI is InChI=1S/C18H23NO2/c1-2-3-4-5-6-7-8-13-16(20)17-14-11-9-10-12-15(14)19-18(17)21/h9-12H,2-8,13H2,1H3. The van der Waals surface area contributed by atoms with Crippen molar-refractivity contribution in [3.8, 4) is 0 Å². The largest absolute Gasteiger partial charge is 0.294 e. The smallest absolute Gasteiger partial charge is 0.281 e. The van der Waals surface area contributed by atoms with E-state index in [9.17, 15) is 9.59 Å². The Hall–Kier alpha value is -1.77. The molecule has 3 nitrogen and oxygen atoms in total. The summed E-state index contributed by atoms with van der Waals surface area (Å²) in [5, 5.41) is 1.33. The SMILES string of the molecule is CCCCCCCCCC(=O)C1=c2ccccc2=NC1=O. The Morgan fingerprint density at radius 1 is 1.00 bits per heavy atom. The molecule has 0 unspecified atom stereocenters. The molecule has 1 aromatic carbocycles. The summed E-state index contributed by atoms with van der Waals surface area (Å²) in [5.74, 6) is -0.425. The van der Waals surface area contributed by atoms with Gasteiger partial charge in [0.05, 0.1) is 10.9 Å². The summed E-state index contributed by atoms with van der Waals surface area (Å²) in [5.41, 5.74) is 0.289. The maximum atomic E-state index is 12.2. The van der Waals surface area contributed by atoms with Crippen LogP contribution in [0, 0.1) is 0 Å². The van der Waals surface area contributed by atoms with Crippen LogP contribution in [0.4, 0.5) is 0 Å². The van der Waals surface area contributed by atoms with Gasteiger partial charge in [0.25, 0.3) is 5.91 Å². The van der Waals surface area contributed by atoms with Crippen LogP contribution in [0.2, 0.25) is 0 Å². The fourth-order valence-electron chi connectivity index (χ4n) is 2.70. The number of carbonyl (C=O) groups is 2. The number of amides is 1. The average Bonchev–Trinajstić information content (AvgIpc) is 2.82. The zero-order chi connectivity index (χ0) is 15.1. The molecule has 1 aliphatic heterocycles. The number of hydrogen-bond acceptors (Lipinski definition) is 2. The van der Waals surface area contributed by atoms with Crippen molar-refractivity contribution >= 4 is 17.3 Å². The molecule has 1 aromatic rings. The van der Waals surface area contributed by atoms with Gasteiger partial charge in [0, 0.05) is 11.6 Å². The first kappa shape index (κ1) is 15.6. The average molecular weight is 285 g/mol. The van der Waals surface area contributed by atoms with Crippen molar-refractivity contribution in [1.82, 2.24) is 0 Å². The quantitative estimate of drug-likeness (QED) is 0.655. The summed E-state index contributed by atoms with van der Waals surface area (Å²) in [4.78, 5) is 28.0. The van der Waals surface area contributed by atoms with E-state index < -0.39 is 0 Å². The number of carbonyl (C=O) groups excluding carboxylic acids is 2. The summed E-state index contributed by atoms with van der Waals surface area (Å²) >= 11 is 0. The molecule has 0 saturated heterocycles. The van der Waals surface area contributed by atoms with Crippen LogP contribution in [0.3, 0.4) is 0 Å². The molecule has 1 heterocycles. The minimum atomic E-state index is -0.371. The second-order valence-electron chi connectivity index (χ2n) is 5.60. The van der Waals surface area contributed by atoms with Gasteiger partial charge in [-0.05, 0) is 12.5 Å². The van der Waals surface area contributed by atoms with Crippen LogP contribution in [0.5, 0.6) is 0 Å². The topological polar surface area (TPSA) is 46.5 Å². The third kappa shape index (κ3) is 4.10. The molecule has 21 heavy (non-hydrogen) atoms. The summed E-state index contributed by atoms with van der Waals surface area (Å²) in [6, 6.07) is 7.26. The van der Waals surface area contributed by atoms with Crippen LogP contribution in [0.1, 0.15) is 58.3 Å². The van der Waals surface area contributed by atoms with Crippen molar-refractivity contribution in [1.29, 1.82) is 0 Å². The highest BCUT2D eigenvalue weighted by Crippen LogP contribution is 2.12. The number of nitrogens with zero attached hydrogens (tertiary/aromatic N) is 1. The zero-order valence-corrected chi connectivity index (χ0v) is 12.7. The Labute approximate surface area is 125 Å². The second-order valence-corrected chi connectivity index (χ2v) is 5.60. The van der Waals surface area contributed by atoms with Crippen LogP contribution < -0.4 is 10.6 Å². The van der Waals surface area contributed by atoms with E-state index in [2.05, 4.69) is 11.9 Å². The highest BCUT2D eigenvalue weighted by atomic mass is 16.2. The highest BCUT2D eigenvalue weighted by molar-refractivity contribution is 6.41. The van der Waals surface area contributed by atoms with Gasteiger partial charge in [0.1, 0.15) is 0 Å². The number of rotatable bonds is 9. The number of fused-ring (bicyclic) bond motifs is 1. The van der Waals surface area contributed by atoms with Gasteiger partial charge in [0.15, 0.2) is 5.78 Å². The van der Waals surface area contributed by atoms with Gasteiger partial charge in [0.2, 0.25) is 0 Å². The highest BCUT2D eigenvalue weighted by Gasteiger charge is 2.22. The molecule has 0 atom stereocenters. The first-order chi connectivity index (χ1) is 10.2. The number of unbranched alkanes of at least 4 members (excludes halogenated alkanes) is 6. The maximum absolute atomic E-state index is 12.2. The molecule has 0 saturated carbocycles. The number of Topliss-reactive ketones (excluding diaryl/α,β-unsaturated/α-hetero) is 1. The lowest BCUT2D eigenvalue weighted by atomic mass is 10.0. The molecule has 0 fully saturated rings. The monoisotopic (exact) mass is 285 g/mol. The molecular weight excluding hydrogens is 262 g/mol. The molecule has 0 radical (unpaired) electrons. The normalized spacial score (nSPS) is 13.2. The van der Waals surface area contributed by atoms with E-state index in [-0.39, 0.29) is 17.3 Å². The molecular formula is C18H23NO2. The van der Waals surface area contributed by atoms with Crippen molar-refractivity contribution in [2.75, 3.05) is 0 Å². The van der Waals surface area contributed by atoms with Crippen molar-refractivity contribution < 1.29 is 9.59 Å². The molecule has 0 bridgehead atoms. The van der Waals surface area contributed by atoms with Crippen molar-refractivity contribution in [2.45, 2.75) is 58.3 Å². The molecule has 3 heteroatoms. The lowest BCUT2D eigenvalue weighted by Crippen LogP contribution is -2.24. The van der Waals surface area contributed by atoms with E-state index in [0.717, 1.165) is 12.8 Å². The predicted molar refractivity (Wildman–Crippen MR) is 83.3 cm³/mol. The lowest BCUT2D eigenvalue weighted by Gasteiger charge is -2.01. The van der Waals surface area contributed by atoms with E-state index in [4.69, 9.17) is 0 Å². The summed E-state index contributed by atoms with van der Waals surface area (Å²) < 4.78 is 0. The van der Waals surface area contributed by atoms with Gasteiger partial charge in [-0.1, -0.05) is 63.6 Å². The molecule has 2 rings (SSSR count). The fraction of sp³-hybridized carbons (Fsp3) is 0.500. The fourth-order valence-corrected chi connectivity index (χ4v) is 2.70. The first-order valence-electron chi connectivity index (χ1n) is 7.99. The number of para-hydroxylation sites is 1. The summed E-state index contributed by atoms with van der Waals surface area (Å²) in [6.45, 7) is 2.21. The molecule has 0 aliphatic carbocycles. The van der Waals surface area contributed by atoms with Crippen LogP contribution in [-0.4, -0.2) is 11.7 Å². The molecule has 0 N–H and O–H groups in total. The lowest BCUT2D eigenvalue weighted by molar-refractivity contribution is -0.117. The third-order valence-corrected chi connectivity index (χ3v) is 3.90. The number of hydrogen-bond donors (Lipinski definition) is 0. The number of benzene rings is 1. The van der Waals surface area contributed by atoms with E-state index >= 15 is 0 Å². The second kappa shape index (κ2) is 7.87. The Bertz CT molecular complexity index is 631. The van der Waals surface area contributed by atoms with E-state index in [1.807, 2.05) is 18.2 Å². The molecule has 1 aliphatic rings. The van der Waals surface area contributed by atoms with Gasteiger partial charge in [-0.2, -0.15) is 0 Å². The molecule has 1 amide bonds. The Balaban J connectivity index is 1.85. The van der Waals surface area contributed by atoms with Crippen LogP contribution >= 0.6 is 0 Å². The summed E-state index contributed by atoms with van der Waals surface area (Å²) in [7, 11) is 0. The minimum absolute atomic E-state index is 0.0535. The Morgan fingerprint density at radius 3 is 2.43 bits per heavy atom. The molecule has 0 aromatic heterocycles. The van der Waals surface area contributed by atoms with Crippen molar-refractivity contribution in [3.63, 3.8) is 0 Å². The Morgan fingerprint density at radius 2 is 1.67 bits per heavy atom. The molecule has 112 valence electrons. The van der Waals surface area contributed by atoms with Crippen LogP contribution in [-0.2, 0) is 9.59 Å². The van der Waals surface area contributed by atoms with Crippen LogP contribution in [0.25, 0.3) is 5.57 Å². The van der Waals surface area contributed by atoms with Crippen LogP contribution in [0.15, 0.2) is 29.3 Å². The van der Waals surface area contributed by atoms with Crippen molar-refractivity contribution in [3.05, 3.63) is 34.8 Å². The predicted octanol–water partition coefficient (Wildman–Crippen LogP) is 2.71. The minimum Gasteiger partial charge on any atom is -0.294 e. The van der Waals surface area contributed by atoms with Gasteiger partial charge < -0.3 is 0 Å². The zero-order valence-electron chi connectivity index (χ0n) is 12.7. The molecule has 0 spiro atoms. The van der Waals surface area contributed by atoms with Gasteiger partial charge >= 0.3 is 0 Å². The Kier molecular flexibility index (Phi) is 5.85. The third-order valence-electron chi connectivity index (χ3n) is 3.90. The van der Waals surface area contributed by atoms with E-state index in [0.29, 0.717) is 17.0 Å². The van der Waals surface area contributed by atoms with E-state index in [1.165, 1.54) is 32.1 Å². The number of ketones is 1. The van der Waals surface area contributed by atoms with Gasteiger partial charge in [-0.3, -0.25) is 9.59 Å². The van der Waals surface area contributed by atoms with Gasteiger partial charge in [-0.25, -0.2) is 4.99 Å².